The van der Waals surface area contributed by atoms with E-state index in [1.807, 2.05) is 0 Å². The minimum absolute atomic E-state index is 0.0629. The quantitative estimate of drug-likeness (QED) is 0.895. The lowest BCUT2D eigenvalue weighted by Crippen LogP contribution is -2.47. The smallest absolute Gasteiger partial charge is 0.319 e. The van der Waals surface area contributed by atoms with E-state index < -0.39 is 0 Å². The van der Waals surface area contributed by atoms with Crippen molar-refractivity contribution in [1.82, 2.24) is 9.80 Å². The number of benzene rings is 1. The Kier molecular flexibility index (Phi) is 5.53. The van der Waals surface area contributed by atoms with E-state index in [-0.39, 0.29) is 17.9 Å². The molecular weight excluding hydrogens is 325 g/mol. The lowest BCUT2D eigenvalue weighted by molar-refractivity contribution is -0.121. The van der Waals surface area contributed by atoms with Gasteiger partial charge in [0.05, 0.1) is 16.0 Å². The monoisotopic (exact) mass is 343 g/mol. The second kappa shape index (κ2) is 7.20. The van der Waals surface area contributed by atoms with E-state index in [0.717, 1.165) is 12.8 Å². The molecule has 1 atom stereocenters. The molecule has 2 rings (SSSR count). The molecule has 1 fully saturated rings. The summed E-state index contributed by atoms with van der Waals surface area (Å²) in [7, 11) is 3.42. The molecule has 0 saturated carbocycles. The van der Waals surface area contributed by atoms with E-state index in [9.17, 15) is 9.59 Å². The number of amides is 3. The summed E-state index contributed by atoms with van der Waals surface area (Å²) in [6.45, 7) is 1.12. The zero-order valence-corrected chi connectivity index (χ0v) is 14.1. The number of halogens is 2. The molecule has 1 saturated heterocycles. The summed E-state index contributed by atoms with van der Waals surface area (Å²) in [6.07, 6.45) is 1.59. The van der Waals surface area contributed by atoms with Crippen LogP contribution in [-0.2, 0) is 4.79 Å². The first-order chi connectivity index (χ1) is 10.4. The number of anilines is 1. The van der Waals surface area contributed by atoms with Crippen LogP contribution < -0.4 is 5.32 Å². The number of urea groups is 1. The summed E-state index contributed by atoms with van der Waals surface area (Å²) in [4.78, 5) is 27.6. The van der Waals surface area contributed by atoms with Gasteiger partial charge < -0.3 is 15.1 Å². The van der Waals surface area contributed by atoms with Crippen molar-refractivity contribution < 1.29 is 9.59 Å². The number of piperidine rings is 1. The van der Waals surface area contributed by atoms with Gasteiger partial charge in [-0.15, -0.1) is 0 Å². The lowest BCUT2D eigenvalue weighted by Gasteiger charge is -2.33. The van der Waals surface area contributed by atoms with Crippen LogP contribution in [-0.4, -0.2) is 48.9 Å². The van der Waals surface area contributed by atoms with Crippen LogP contribution in [0.1, 0.15) is 12.8 Å². The van der Waals surface area contributed by atoms with E-state index in [0.29, 0.717) is 28.8 Å². The number of hydrogen-bond donors (Lipinski definition) is 1. The van der Waals surface area contributed by atoms with Gasteiger partial charge in [-0.3, -0.25) is 4.79 Å². The maximum absolute atomic E-state index is 12.4. The lowest BCUT2D eigenvalue weighted by atomic mass is 9.97. The largest absolute Gasteiger partial charge is 0.331 e. The number of likely N-dealkylation sites (tertiary alicyclic amines) is 1. The van der Waals surface area contributed by atoms with Gasteiger partial charge in [-0.25, -0.2) is 4.79 Å². The van der Waals surface area contributed by atoms with Crippen molar-refractivity contribution in [1.29, 1.82) is 0 Å². The Labute approximate surface area is 140 Å². The molecule has 0 aromatic heterocycles. The predicted molar refractivity (Wildman–Crippen MR) is 88.5 cm³/mol. The van der Waals surface area contributed by atoms with Gasteiger partial charge >= 0.3 is 6.03 Å². The van der Waals surface area contributed by atoms with E-state index in [1.54, 1.807) is 37.2 Å². The number of nitrogens with zero attached hydrogens (tertiary/aromatic N) is 2. The van der Waals surface area contributed by atoms with Crippen molar-refractivity contribution in [2.45, 2.75) is 12.8 Å². The van der Waals surface area contributed by atoms with Crippen LogP contribution in [0.2, 0.25) is 10.0 Å². The van der Waals surface area contributed by atoms with Crippen molar-refractivity contribution in [2.24, 2.45) is 5.92 Å². The van der Waals surface area contributed by atoms with Gasteiger partial charge in [-0.05, 0) is 31.0 Å². The Balaban J connectivity index is 1.99. The summed E-state index contributed by atoms with van der Waals surface area (Å²) < 4.78 is 0. The molecule has 0 unspecified atom stereocenters. The van der Waals surface area contributed by atoms with Crippen molar-refractivity contribution in [3.63, 3.8) is 0 Å². The maximum atomic E-state index is 12.4. The fraction of sp³-hybridized carbons (Fsp3) is 0.467. The minimum atomic E-state index is -0.216. The normalized spacial score (nSPS) is 18.0. The molecule has 22 heavy (non-hydrogen) atoms. The predicted octanol–water partition coefficient (Wildman–Crippen LogP) is 3.33. The Bertz CT molecular complexity index is 578. The second-order valence-corrected chi connectivity index (χ2v) is 6.39. The molecule has 0 radical (unpaired) electrons. The van der Waals surface area contributed by atoms with E-state index >= 15 is 0 Å². The van der Waals surface area contributed by atoms with Crippen LogP contribution in [0.3, 0.4) is 0 Å². The Morgan fingerprint density at radius 1 is 1.27 bits per heavy atom. The molecule has 0 bridgehead atoms. The first-order valence-electron chi connectivity index (χ1n) is 7.10. The number of hydrogen-bond acceptors (Lipinski definition) is 2. The van der Waals surface area contributed by atoms with Gasteiger partial charge in [0.1, 0.15) is 0 Å². The van der Waals surface area contributed by atoms with E-state index in [2.05, 4.69) is 5.32 Å². The third-order valence-corrected chi connectivity index (χ3v) is 4.37. The highest BCUT2D eigenvalue weighted by Gasteiger charge is 2.29. The van der Waals surface area contributed by atoms with Gasteiger partial charge in [-0.1, -0.05) is 23.2 Å². The van der Waals surface area contributed by atoms with Crippen LogP contribution in [0, 0.1) is 5.92 Å². The number of rotatable bonds is 2. The van der Waals surface area contributed by atoms with E-state index in [4.69, 9.17) is 23.2 Å². The number of nitrogens with one attached hydrogen (secondary N) is 1. The van der Waals surface area contributed by atoms with Crippen molar-refractivity contribution in [3.8, 4) is 0 Å². The summed E-state index contributed by atoms with van der Waals surface area (Å²) in [5, 5.41) is 3.68. The first-order valence-corrected chi connectivity index (χ1v) is 7.86. The van der Waals surface area contributed by atoms with Crippen LogP contribution in [0.5, 0.6) is 0 Å². The average molecular weight is 344 g/mol. The molecule has 1 aromatic rings. The van der Waals surface area contributed by atoms with Crippen LogP contribution >= 0.6 is 23.2 Å². The Hall–Kier alpha value is -1.46. The number of carbonyl (C=O) groups is 2. The molecule has 7 heteroatoms. The first kappa shape index (κ1) is 16.9. The fourth-order valence-corrected chi connectivity index (χ4v) is 2.76. The van der Waals surface area contributed by atoms with Gasteiger partial charge in [0, 0.05) is 32.9 Å². The third-order valence-electron chi connectivity index (χ3n) is 3.63. The van der Waals surface area contributed by atoms with Crippen molar-refractivity contribution in [2.75, 3.05) is 32.5 Å². The summed E-state index contributed by atoms with van der Waals surface area (Å²) in [5.74, 6) is -0.318. The molecule has 5 nitrogen and oxygen atoms in total. The van der Waals surface area contributed by atoms with Gasteiger partial charge in [0.15, 0.2) is 0 Å². The summed E-state index contributed by atoms with van der Waals surface area (Å²) in [5.41, 5.74) is 0.607. The standard InChI is InChI=1S/C15H19Cl2N3O2/c1-19(2)15(22)20-7-3-4-10(9-20)14(21)18-11-5-6-12(16)13(17)8-11/h5-6,8,10H,3-4,7,9H2,1-2H3,(H,18,21)/t10-/m1/s1. The fourth-order valence-electron chi connectivity index (χ4n) is 2.47. The zero-order chi connectivity index (χ0) is 16.3. The molecule has 1 aromatic carbocycles. The van der Waals surface area contributed by atoms with Gasteiger partial charge in [0.2, 0.25) is 5.91 Å². The average Bonchev–Trinajstić information content (AvgIpc) is 2.50. The van der Waals surface area contributed by atoms with Gasteiger partial charge in [-0.2, -0.15) is 0 Å². The maximum Gasteiger partial charge on any atom is 0.319 e. The second-order valence-electron chi connectivity index (χ2n) is 5.58. The molecule has 3 amide bonds. The van der Waals surface area contributed by atoms with Gasteiger partial charge in [0.25, 0.3) is 0 Å². The molecule has 1 heterocycles. The molecule has 0 aliphatic carbocycles. The van der Waals surface area contributed by atoms with Crippen LogP contribution in [0.15, 0.2) is 18.2 Å². The SMILES string of the molecule is CN(C)C(=O)N1CCC[C@@H](C(=O)Nc2ccc(Cl)c(Cl)c2)C1. The highest BCUT2D eigenvalue weighted by molar-refractivity contribution is 6.42. The molecular formula is C15H19Cl2N3O2. The van der Waals surface area contributed by atoms with E-state index in [1.165, 1.54) is 4.90 Å². The highest BCUT2D eigenvalue weighted by Crippen LogP contribution is 2.26. The van der Waals surface area contributed by atoms with Crippen LogP contribution in [0.25, 0.3) is 0 Å². The minimum Gasteiger partial charge on any atom is -0.331 e. The number of carbonyl (C=O) groups excluding carboxylic acids is 2. The topological polar surface area (TPSA) is 52.7 Å². The molecule has 1 aliphatic heterocycles. The Morgan fingerprint density at radius 2 is 2.00 bits per heavy atom. The third kappa shape index (κ3) is 4.05. The summed E-state index contributed by atoms with van der Waals surface area (Å²) >= 11 is 11.8. The van der Waals surface area contributed by atoms with Crippen molar-refractivity contribution >= 4 is 40.8 Å². The summed E-state index contributed by atoms with van der Waals surface area (Å²) in [6, 6.07) is 4.90. The zero-order valence-electron chi connectivity index (χ0n) is 12.6. The Morgan fingerprint density at radius 3 is 2.64 bits per heavy atom. The molecule has 0 spiro atoms. The molecule has 1 N–H and O–H groups in total. The molecule has 1 aliphatic rings. The van der Waals surface area contributed by atoms with Crippen LogP contribution in [0.4, 0.5) is 10.5 Å². The van der Waals surface area contributed by atoms with Crippen molar-refractivity contribution in [3.05, 3.63) is 28.2 Å². The highest BCUT2D eigenvalue weighted by atomic mass is 35.5. The molecule has 120 valence electrons.